The Hall–Kier alpha value is -1.02. The van der Waals surface area contributed by atoms with Crippen LogP contribution in [0.4, 0.5) is 0 Å². The summed E-state index contributed by atoms with van der Waals surface area (Å²) >= 11 is 0. The first-order valence-corrected chi connectivity index (χ1v) is 8.45. The van der Waals surface area contributed by atoms with Crippen LogP contribution in [-0.2, 0) is 18.9 Å². The van der Waals surface area contributed by atoms with E-state index < -0.39 is 43.1 Å². The van der Waals surface area contributed by atoms with E-state index in [2.05, 4.69) is 0 Å². The standard InChI is InChI=1S/C18H26O6/c1-4-13(11-8-6-5-7-9-11)21-17-16-15(23-18(2,3)24-16)14(22-17)12(20)10-19/h5-9,12-17,19-20H,4,10H2,1-3H3/t12-,13?,14-,15+,16+,17+/m1/s1. The van der Waals surface area contributed by atoms with Crippen LogP contribution in [0.5, 0.6) is 0 Å². The molecule has 24 heavy (non-hydrogen) atoms. The molecule has 2 heterocycles. The van der Waals surface area contributed by atoms with E-state index >= 15 is 0 Å². The lowest BCUT2D eigenvalue weighted by atomic mass is 10.1. The Labute approximate surface area is 142 Å². The van der Waals surface area contributed by atoms with Crippen molar-refractivity contribution in [3.63, 3.8) is 0 Å². The fourth-order valence-electron chi connectivity index (χ4n) is 3.35. The summed E-state index contributed by atoms with van der Waals surface area (Å²) in [5, 5.41) is 19.3. The third kappa shape index (κ3) is 3.49. The van der Waals surface area contributed by atoms with Crippen molar-refractivity contribution in [2.45, 2.75) is 69.8 Å². The molecule has 0 aromatic heterocycles. The molecule has 2 fully saturated rings. The average molecular weight is 338 g/mol. The molecule has 1 aromatic carbocycles. The highest BCUT2D eigenvalue weighted by molar-refractivity contribution is 5.17. The number of benzene rings is 1. The zero-order valence-corrected chi connectivity index (χ0v) is 14.3. The van der Waals surface area contributed by atoms with Crippen LogP contribution >= 0.6 is 0 Å². The van der Waals surface area contributed by atoms with Crippen LogP contribution in [0.1, 0.15) is 38.9 Å². The van der Waals surface area contributed by atoms with Crippen molar-refractivity contribution in [1.29, 1.82) is 0 Å². The van der Waals surface area contributed by atoms with E-state index in [0.717, 1.165) is 12.0 Å². The summed E-state index contributed by atoms with van der Waals surface area (Å²) in [6, 6.07) is 9.92. The van der Waals surface area contributed by atoms with Crippen LogP contribution in [0.2, 0.25) is 0 Å². The van der Waals surface area contributed by atoms with Crippen LogP contribution in [0.25, 0.3) is 0 Å². The molecule has 0 aliphatic carbocycles. The first kappa shape index (κ1) is 17.8. The van der Waals surface area contributed by atoms with E-state index in [-0.39, 0.29) is 6.10 Å². The summed E-state index contributed by atoms with van der Waals surface area (Å²) in [5.41, 5.74) is 1.06. The van der Waals surface area contributed by atoms with Gasteiger partial charge in [0.05, 0.1) is 12.7 Å². The lowest BCUT2D eigenvalue weighted by Crippen LogP contribution is -2.40. The lowest BCUT2D eigenvalue weighted by molar-refractivity contribution is -0.255. The van der Waals surface area contributed by atoms with Gasteiger partial charge in [0, 0.05) is 0 Å². The van der Waals surface area contributed by atoms with Gasteiger partial charge < -0.3 is 29.2 Å². The highest BCUT2D eigenvalue weighted by Gasteiger charge is 2.57. The lowest BCUT2D eigenvalue weighted by Gasteiger charge is -2.27. The highest BCUT2D eigenvalue weighted by atomic mass is 16.8. The van der Waals surface area contributed by atoms with Crippen molar-refractivity contribution in [2.75, 3.05) is 6.61 Å². The van der Waals surface area contributed by atoms with Gasteiger partial charge in [-0.2, -0.15) is 0 Å². The molecule has 1 unspecified atom stereocenters. The summed E-state index contributed by atoms with van der Waals surface area (Å²) in [6.07, 6.45) is -2.66. The van der Waals surface area contributed by atoms with Crippen LogP contribution in [0.3, 0.4) is 0 Å². The van der Waals surface area contributed by atoms with Gasteiger partial charge in [0.25, 0.3) is 0 Å². The minimum atomic E-state index is -1.04. The van der Waals surface area contributed by atoms with Gasteiger partial charge >= 0.3 is 0 Å². The Morgan fingerprint density at radius 2 is 1.83 bits per heavy atom. The molecule has 1 aromatic rings. The second kappa shape index (κ2) is 7.07. The van der Waals surface area contributed by atoms with Gasteiger partial charge in [0.15, 0.2) is 12.1 Å². The number of ether oxygens (including phenoxy) is 4. The van der Waals surface area contributed by atoms with Gasteiger partial charge in [-0.25, -0.2) is 0 Å². The molecule has 6 heteroatoms. The summed E-state index contributed by atoms with van der Waals surface area (Å²) in [5.74, 6) is -0.775. The fraction of sp³-hybridized carbons (Fsp3) is 0.667. The van der Waals surface area contributed by atoms with Crippen molar-refractivity contribution in [3.8, 4) is 0 Å². The minimum Gasteiger partial charge on any atom is -0.394 e. The predicted octanol–water partition coefficient (Wildman–Crippen LogP) is 1.75. The van der Waals surface area contributed by atoms with E-state index in [9.17, 15) is 10.2 Å². The molecule has 6 atom stereocenters. The smallest absolute Gasteiger partial charge is 0.187 e. The second-order valence-corrected chi connectivity index (χ2v) is 6.73. The molecule has 134 valence electrons. The third-order valence-electron chi connectivity index (χ3n) is 4.45. The monoisotopic (exact) mass is 338 g/mol. The molecule has 2 aliphatic rings. The Morgan fingerprint density at radius 3 is 2.46 bits per heavy atom. The summed E-state index contributed by atoms with van der Waals surface area (Å²) in [7, 11) is 0. The van der Waals surface area contributed by atoms with Gasteiger partial charge in [-0.15, -0.1) is 0 Å². The van der Waals surface area contributed by atoms with E-state index in [1.165, 1.54) is 0 Å². The van der Waals surface area contributed by atoms with Crippen molar-refractivity contribution >= 4 is 0 Å². The molecule has 0 saturated carbocycles. The van der Waals surface area contributed by atoms with E-state index in [1.807, 2.05) is 51.1 Å². The number of aliphatic hydroxyl groups excluding tert-OH is 2. The van der Waals surface area contributed by atoms with Crippen LogP contribution < -0.4 is 0 Å². The molecule has 6 nitrogen and oxygen atoms in total. The quantitative estimate of drug-likeness (QED) is 0.823. The van der Waals surface area contributed by atoms with E-state index in [1.54, 1.807) is 0 Å². The number of aliphatic hydroxyl groups is 2. The highest BCUT2D eigenvalue weighted by Crippen LogP contribution is 2.41. The summed E-state index contributed by atoms with van der Waals surface area (Å²) in [6.45, 7) is 5.28. The Balaban J connectivity index is 1.77. The van der Waals surface area contributed by atoms with Crippen molar-refractivity contribution in [3.05, 3.63) is 35.9 Å². The van der Waals surface area contributed by atoms with Gasteiger partial charge in [-0.1, -0.05) is 37.3 Å². The molecule has 2 saturated heterocycles. The van der Waals surface area contributed by atoms with Gasteiger partial charge in [-0.3, -0.25) is 0 Å². The van der Waals surface area contributed by atoms with Crippen LogP contribution in [0.15, 0.2) is 30.3 Å². The first-order valence-electron chi connectivity index (χ1n) is 8.45. The van der Waals surface area contributed by atoms with Crippen LogP contribution in [-0.4, -0.2) is 53.3 Å². The molecule has 3 rings (SSSR count). The molecule has 0 spiro atoms. The van der Waals surface area contributed by atoms with Gasteiger partial charge in [0.1, 0.15) is 24.4 Å². The number of hydrogen-bond donors (Lipinski definition) is 2. The maximum absolute atomic E-state index is 10.0. The van der Waals surface area contributed by atoms with E-state index in [0.29, 0.717) is 0 Å². The molecule has 0 amide bonds. The Bertz CT molecular complexity index is 534. The zero-order chi connectivity index (χ0) is 17.3. The molecule has 2 aliphatic heterocycles. The summed E-state index contributed by atoms with van der Waals surface area (Å²) in [4.78, 5) is 0. The van der Waals surface area contributed by atoms with E-state index in [4.69, 9.17) is 18.9 Å². The summed E-state index contributed by atoms with van der Waals surface area (Å²) < 4.78 is 23.8. The molecule has 0 radical (unpaired) electrons. The maximum Gasteiger partial charge on any atom is 0.187 e. The van der Waals surface area contributed by atoms with Gasteiger partial charge in [0.2, 0.25) is 0 Å². The number of hydrogen-bond acceptors (Lipinski definition) is 6. The molecule has 2 N–H and O–H groups in total. The number of rotatable bonds is 6. The largest absolute Gasteiger partial charge is 0.394 e. The first-order chi connectivity index (χ1) is 11.4. The van der Waals surface area contributed by atoms with Gasteiger partial charge in [-0.05, 0) is 25.8 Å². The average Bonchev–Trinajstić information content (AvgIpc) is 3.06. The number of fused-ring (bicyclic) bond motifs is 1. The van der Waals surface area contributed by atoms with Crippen molar-refractivity contribution in [2.24, 2.45) is 0 Å². The zero-order valence-electron chi connectivity index (χ0n) is 14.3. The maximum atomic E-state index is 10.0. The SMILES string of the molecule is CCC(O[C@H]1O[C@H]([C@H](O)CO)[C@@H]2OC(C)(C)O[C@H]12)c1ccccc1. The fourth-order valence-corrected chi connectivity index (χ4v) is 3.35. The predicted molar refractivity (Wildman–Crippen MR) is 86.1 cm³/mol. The minimum absolute atomic E-state index is 0.144. The topological polar surface area (TPSA) is 77.4 Å². The molecule has 0 bridgehead atoms. The normalized spacial score (nSPS) is 34.0. The molecular weight excluding hydrogens is 312 g/mol. The molecular formula is C18H26O6. The van der Waals surface area contributed by atoms with Crippen molar-refractivity contribution < 1.29 is 29.2 Å². The Morgan fingerprint density at radius 1 is 1.17 bits per heavy atom. The van der Waals surface area contributed by atoms with Crippen LogP contribution in [0, 0.1) is 0 Å². The van der Waals surface area contributed by atoms with Crippen molar-refractivity contribution in [1.82, 2.24) is 0 Å². The third-order valence-corrected chi connectivity index (χ3v) is 4.45. The second-order valence-electron chi connectivity index (χ2n) is 6.73. The Kier molecular flexibility index (Phi) is 5.24.